The molecule has 4 N–H and O–H groups in total. The lowest BCUT2D eigenvalue weighted by Gasteiger charge is -2.27. The van der Waals surface area contributed by atoms with E-state index in [9.17, 15) is 14.4 Å². The summed E-state index contributed by atoms with van der Waals surface area (Å²) in [5, 5.41) is 11.9. The molecule has 10 heteroatoms. The van der Waals surface area contributed by atoms with E-state index in [2.05, 4.69) is 5.16 Å². The Balaban J connectivity index is 4.61. The number of hydrogen-bond acceptors (Lipinski definition) is 7. The van der Waals surface area contributed by atoms with Gasteiger partial charge in [-0.25, -0.2) is 20.9 Å². The molecule has 0 aliphatic rings. The second-order valence-electron chi connectivity index (χ2n) is 5.46. The predicted molar refractivity (Wildman–Crippen MR) is 71.7 cm³/mol. The topological polar surface area (TPSA) is 144 Å². The summed E-state index contributed by atoms with van der Waals surface area (Å²) in [4.78, 5) is 38.3. The Labute approximate surface area is 121 Å². The molecule has 0 radical (unpaired) electrons. The van der Waals surface area contributed by atoms with E-state index in [1.807, 2.05) is 5.43 Å². The highest BCUT2D eigenvalue weighted by molar-refractivity contribution is 6.21. The largest absolute Gasteiger partial charge is 0.477 e. The van der Waals surface area contributed by atoms with Crippen molar-refractivity contribution in [2.75, 3.05) is 0 Å². The Kier molecular flexibility index (Phi) is 6.11. The Bertz CT molecular complexity index is 440. The van der Waals surface area contributed by atoms with E-state index in [4.69, 9.17) is 20.5 Å². The van der Waals surface area contributed by atoms with E-state index in [1.54, 1.807) is 20.8 Å². The Morgan fingerprint density at radius 3 is 2.19 bits per heavy atom. The summed E-state index contributed by atoms with van der Waals surface area (Å²) in [6.45, 7) is 7.52. The molecular formula is C11H20N4O6. The number of nitrogens with two attached hydrogens (primary N) is 1. The first-order valence-corrected chi connectivity index (χ1v) is 5.88. The van der Waals surface area contributed by atoms with Crippen LogP contribution in [0.15, 0.2) is 5.16 Å². The molecule has 0 unspecified atom stereocenters. The number of nitrogens with one attached hydrogen (secondary N) is 1. The predicted octanol–water partition coefficient (Wildman–Crippen LogP) is -0.00600. The molecule has 0 fully saturated rings. The number of carboxylic acid groups (broad SMARTS) is 1. The van der Waals surface area contributed by atoms with Gasteiger partial charge in [0, 0.05) is 0 Å². The highest BCUT2D eigenvalue weighted by Crippen LogP contribution is 2.12. The summed E-state index contributed by atoms with van der Waals surface area (Å²) in [6.07, 6.45) is -0.458. The number of carbonyl (C=O) groups is 3. The fourth-order valence-electron chi connectivity index (χ4n) is 0.982. The van der Waals surface area contributed by atoms with Gasteiger partial charge >= 0.3 is 18.0 Å². The second kappa shape index (κ2) is 6.88. The number of amides is 2. The molecule has 10 nitrogen and oxygen atoms in total. The quantitative estimate of drug-likeness (QED) is 0.287. The molecule has 2 amide bonds. The third-order valence-electron chi connectivity index (χ3n) is 1.79. The molecule has 0 saturated heterocycles. The smallest absolute Gasteiger partial charge is 0.427 e. The number of nitrogens with zero attached hydrogens (tertiary/aromatic N) is 2. The number of rotatable bonds is 4. The van der Waals surface area contributed by atoms with Gasteiger partial charge in [-0.3, -0.25) is 4.79 Å². The van der Waals surface area contributed by atoms with Crippen LogP contribution in [0.3, 0.4) is 0 Å². The zero-order chi connectivity index (χ0) is 16.8. The van der Waals surface area contributed by atoms with Crippen LogP contribution in [0.1, 0.15) is 34.6 Å². The van der Waals surface area contributed by atoms with Crippen molar-refractivity contribution in [3.05, 3.63) is 0 Å². The van der Waals surface area contributed by atoms with Gasteiger partial charge in [-0.05, 0) is 34.6 Å². The van der Waals surface area contributed by atoms with Crippen LogP contribution in [0.5, 0.6) is 0 Å². The van der Waals surface area contributed by atoms with Crippen molar-refractivity contribution in [2.45, 2.75) is 45.8 Å². The lowest BCUT2D eigenvalue weighted by Crippen LogP contribution is -2.58. The average molecular weight is 304 g/mol. The van der Waals surface area contributed by atoms with E-state index in [-0.39, 0.29) is 0 Å². The van der Waals surface area contributed by atoms with Gasteiger partial charge in [0.05, 0.1) is 0 Å². The Morgan fingerprint density at radius 2 is 1.76 bits per heavy atom. The normalized spacial score (nSPS) is 11.9. The van der Waals surface area contributed by atoms with Gasteiger partial charge in [0.1, 0.15) is 5.60 Å². The average Bonchev–Trinajstić information content (AvgIpc) is 2.24. The molecular weight excluding hydrogens is 284 g/mol. The maximum absolute atomic E-state index is 11.9. The number of oxime groups is 1. The molecule has 0 aliphatic carbocycles. The number of carboxylic acids is 1. The fourth-order valence-corrected chi connectivity index (χ4v) is 0.982. The molecule has 0 heterocycles. The third kappa shape index (κ3) is 7.72. The van der Waals surface area contributed by atoms with E-state index in [0.717, 1.165) is 0 Å². The van der Waals surface area contributed by atoms with Crippen LogP contribution in [-0.2, 0) is 19.2 Å². The number of aliphatic carboxylic acids is 1. The Morgan fingerprint density at radius 1 is 1.24 bits per heavy atom. The van der Waals surface area contributed by atoms with E-state index in [0.29, 0.717) is 11.3 Å². The van der Waals surface area contributed by atoms with Crippen molar-refractivity contribution in [3.8, 4) is 0 Å². The molecule has 0 saturated carbocycles. The van der Waals surface area contributed by atoms with Crippen LogP contribution < -0.4 is 11.3 Å². The maximum atomic E-state index is 11.9. The number of hydrazine groups is 2. The van der Waals surface area contributed by atoms with E-state index in [1.165, 1.54) is 13.8 Å². The summed E-state index contributed by atoms with van der Waals surface area (Å²) in [5.41, 5.74) is -0.352. The van der Waals surface area contributed by atoms with Crippen molar-refractivity contribution in [1.82, 2.24) is 10.5 Å². The van der Waals surface area contributed by atoms with Gasteiger partial charge < -0.3 is 14.7 Å². The van der Waals surface area contributed by atoms with Gasteiger partial charge in [0.25, 0.3) is 0 Å². The van der Waals surface area contributed by atoms with Crippen molar-refractivity contribution in [1.29, 1.82) is 0 Å². The highest BCUT2D eigenvalue weighted by atomic mass is 16.7. The fraction of sp³-hybridized carbons (Fsp3) is 0.636. The van der Waals surface area contributed by atoms with Crippen LogP contribution in [0, 0.1) is 0 Å². The molecule has 0 aromatic carbocycles. The number of carbonyl (C=O) groups excluding carboxylic acids is 2. The first kappa shape index (κ1) is 18.6. The first-order valence-electron chi connectivity index (χ1n) is 5.88. The van der Waals surface area contributed by atoms with Crippen LogP contribution in [0.2, 0.25) is 0 Å². The lowest BCUT2D eigenvalue weighted by atomic mass is 10.1. The standard InChI is InChI=1S/C11H20N4O6/c1-10(2,3)20-9(19)14-15(12)8(18)11(4,5)21-13-6-7(16)17/h6H,12H2,1-5H3,(H,14,19)(H,16,17)/b13-6-. The Hall–Kier alpha value is -2.36. The summed E-state index contributed by atoms with van der Waals surface area (Å²) < 4.78 is 4.91. The second-order valence-corrected chi connectivity index (χ2v) is 5.46. The number of hydrogen-bond donors (Lipinski definition) is 3. The van der Waals surface area contributed by atoms with Crippen LogP contribution in [0.25, 0.3) is 0 Å². The molecule has 120 valence electrons. The zero-order valence-corrected chi connectivity index (χ0v) is 12.5. The lowest BCUT2D eigenvalue weighted by molar-refractivity contribution is -0.158. The number of ether oxygens (including phenoxy) is 1. The molecule has 0 rings (SSSR count). The minimum Gasteiger partial charge on any atom is -0.477 e. The molecule has 0 aliphatic heterocycles. The van der Waals surface area contributed by atoms with Gasteiger partial charge in [0.2, 0.25) is 5.60 Å². The van der Waals surface area contributed by atoms with Gasteiger partial charge in [0.15, 0.2) is 6.21 Å². The molecule has 0 aromatic rings. The van der Waals surface area contributed by atoms with E-state index >= 15 is 0 Å². The molecule has 0 bridgehead atoms. The minimum atomic E-state index is -1.59. The highest BCUT2D eigenvalue weighted by Gasteiger charge is 2.35. The molecule has 21 heavy (non-hydrogen) atoms. The summed E-state index contributed by atoms with van der Waals surface area (Å²) in [6, 6.07) is 0. The third-order valence-corrected chi connectivity index (χ3v) is 1.79. The summed E-state index contributed by atoms with van der Waals surface area (Å²) in [7, 11) is 0. The molecule has 0 atom stereocenters. The van der Waals surface area contributed by atoms with E-state index < -0.39 is 29.2 Å². The van der Waals surface area contributed by atoms with Crippen LogP contribution >= 0.6 is 0 Å². The van der Waals surface area contributed by atoms with Crippen molar-refractivity contribution in [2.24, 2.45) is 11.0 Å². The van der Waals surface area contributed by atoms with Crippen molar-refractivity contribution >= 4 is 24.2 Å². The van der Waals surface area contributed by atoms with Crippen LogP contribution in [0.4, 0.5) is 4.79 Å². The van der Waals surface area contributed by atoms with Gasteiger partial charge in [-0.2, -0.15) is 5.12 Å². The monoisotopic (exact) mass is 304 g/mol. The van der Waals surface area contributed by atoms with Gasteiger partial charge in [-0.1, -0.05) is 5.16 Å². The maximum Gasteiger partial charge on any atom is 0.427 e. The SMILES string of the molecule is CC(C)(C)OC(=O)NN(N)C(=O)C(C)(C)O/N=C\C(=O)O. The molecule has 0 aromatic heterocycles. The van der Waals surface area contributed by atoms with Crippen LogP contribution in [-0.4, -0.2) is 45.6 Å². The minimum absolute atomic E-state index is 0.379. The van der Waals surface area contributed by atoms with Gasteiger partial charge in [-0.15, -0.1) is 0 Å². The van der Waals surface area contributed by atoms with Crippen molar-refractivity contribution < 1.29 is 29.1 Å². The summed E-state index contributed by atoms with van der Waals surface area (Å²) in [5.74, 6) is 3.18. The van der Waals surface area contributed by atoms with Crippen molar-refractivity contribution in [3.63, 3.8) is 0 Å². The first-order chi connectivity index (χ1) is 9.35. The zero-order valence-electron chi connectivity index (χ0n) is 12.5. The summed E-state index contributed by atoms with van der Waals surface area (Å²) >= 11 is 0. The molecule has 0 spiro atoms.